The van der Waals surface area contributed by atoms with E-state index in [1.165, 1.54) is 11.3 Å². The molecule has 0 aliphatic heterocycles. The fraction of sp³-hybridized carbons (Fsp3) is 0.583. The molecule has 1 aliphatic rings. The van der Waals surface area contributed by atoms with E-state index in [9.17, 15) is 10.1 Å². The quantitative estimate of drug-likeness (QED) is 0.691. The standard InChI is InChI=1S/C12H17N5O2S/c1-15(9-4-2-8(13)3-5-9)10-11(17(18)19)16-6-7-20-12(16)14-10/h6-9H,2-5,13H2,1H3. The molecule has 0 aromatic carbocycles. The molecule has 2 heterocycles. The number of hydrogen-bond acceptors (Lipinski definition) is 6. The average Bonchev–Trinajstić information content (AvgIpc) is 2.97. The second-order valence-electron chi connectivity index (χ2n) is 5.25. The van der Waals surface area contributed by atoms with Gasteiger partial charge in [0.05, 0.1) is 0 Å². The number of nitrogens with zero attached hydrogens (tertiary/aromatic N) is 4. The van der Waals surface area contributed by atoms with E-state index in [1.54, 1.807) is 16.0 Å². The van der Waals surface area contributed by atoms with Gasteiger partial charge in [-0.25, -0.2) is 0 Å². The third kappa shape index (κ3) is 2.14. The number of aromatic nitrogens is 2. The molecule has 0 bridgehead atoms. The van der Waals surface area contributed by atoms with Crippen LogP contribution in [0.3, 0.4) is 0 Å². The summed E-state index contributed by atoms with van der Waals surface area (Å²) < 4.78 is 1.55. The first-order valence-electron chi connectivity index (χ1n) is 6.66. The van der Waals surface area contributed by atoms with Crippen LogP contribution in [-0.2, 0) is 0 Å². The number of anilines is 1. The summed E-state index contributed by atoms with van der Waals surface area (Å²) in [5, 5.41) is 13.1. The molecule has 0 atom stereocenters. The summed E-state index contributed by atoms with van der Waals surface area (Å²) in [6, 6.07) is 0.540. The van der Waals surface area contributed by atoms with Crippen molar-refractivity contribution < 1.29 is 4.92 Å². The Morgan fingerprint density at radius 1 is 1.50 bits per heavy atom. The Labute approximate surface area is 120 Å². The Morgan fingerprint density at radius 2 is 2.20 bits per heavy atom. The highest BCUT2D eigenvalue weighted by Gasteiger charge is 2.31. The zero-order valence-corrected chi connectivity index (χ0v) is 12.0. The van der Waals surface area contributed by atoms with Gasteiger partial charge >= 0.3 is 5.82 Å². The van der Waals surface area contributed by atoms with Crippen molar-refractivity contribution in [3.63, 3.8) is 0 Å². The molecular weight excluding hydrogens is 278 g/mol. The first kappa shape index (κ1) is 13.3. The topological polar surface area (TPSA) is 89.7 Å². The van der Waals surface area contributed by atoms with E-state index in [0.717, 1.165) is 25.7 Å². The third-order valence-electron chi connectivity index (χ3n) is 4.02. The average molecular weight is 295 g/mol. The minimum Gasteiger partial charge on any atom is -0.358 e. The summed E-state index contributed by atoms with van der Waals surface area (Å²) in [5.74, 6) is 0.515. The van der Waals surface area contributed by atoms with Gasteiger partial charge < -0.3 is 20.7 Å². The van der Waals surface area contributed by atoms with Crippen LogP contribution in [0.4, 0.5) is 11.6 Å². The highest BCUT2D eigenvalue weighted by atomic mass is 32.1. The predicted octanol–water partition coefficient (Wildman–Crippen LogP) is 2.01. The van der Waals surface area contributed by atoms with Crippen LogP contribution in [0.5, 0.6) is 0 Å². The number of rotatable bonds is 3. The lowest BCUT2D eigenvalue weighted by Gasteiger charge is -2.33. The van der Waals surface area contributed by atoms with Gasteiger partial charge in [-0.3, -0.25) is 0 Å². The minimum atomic E-state index is -0.354. The fourth-order valence-corrected chi connectivity index (χ4v) is 3.53. The molecule has 8 heteroatoms. The van der Waals surface area contributed by atoms with Crippen molar-refractivity contribution in [2.75, 3.05) is 11.9 Å². The van der Waals surface area contributed by atoms with Crippen molar-refractivity contribution >= 4 is 27.9 Å². The molecule has 3 rings (SSSR count). The summed E-state index contributed by atoms with van der Waals surface area (Å²) >= 11 is 1.40. The molecule has 2 aromatic rings. The zero-order valence-electron chi connectivity index (χ0n) is 11.2. The Kier molecular flexibility index (Phi) is 3.35. The molecule has 0 spiro atoms. The molecular formula is C12H17N5O2S. The second-order valence-corrected chi connectivity index (χ2v) is 6.12. The summed E-state index contributed by atoms with van der Waals surface area (Å²) in [7, 11) is 1.89. The van der Waals surface area contributed by atoms with Gasteiger partial charge in [-0.15, -0.1) is 0 Å². The summed E-state index contributed by atoms with van der Waals surface area (Å²) in [5.41, 5.74) is 5.91. The maximum Gasteiger partial charge on any atom is 0.373 e. The van der Waals surface area contributed by atoms with Crippen molar-refractivity contribution in [2.45, 2.75) is 37.8 Å². The predicted molar refractivity (Wildman–Crippen MR) is 78.4 cm³/mol. The fourth-order valence-electron chi connectivity index (χ4n) is 2.83. The van der Waals surface area contributed by atoms with Crippen LogP contribution in [0.1, 0.15) is 25.7 Å². The first-order valence-corrected chi connectivity index (χ1v) is 7.54. The van der Waals surface area contributed by atoms with Crippen LogP contribution < -0.4 is 10.6 Å². The molecule has 0 amide bonds. The van der Waals surface area contributed by atoms with Gasteiger partial charge in [0.25, 0.3) is 4.96 Å². The molecule has 0 unspecified atom stereocenters. The summed E-state index contributed by atoms with van der Waals surface area (Å²) in [4.78, 5) is 18.0. The third-order valence-corrected chi connectivity index (χ3v) is 4.77. The van der Waals surface area contributed by atoms with Crippen LogP contribution >= 0.6 is 11.3 Å². The molecule has 7 nitrogen and oxygen atoms in total. The maximum absolute atomic E-state index is 11.3. The van der Waals surface area contributed by atoms with Gasteiger partial charge in [0, 0.05) is 24.5 Å². The van der Waals surface area contributed by atoms with E-state index in [2.05, 4.69) is 4.98 Å². The van der Waals surface area contributed by atoms with E-state index in [-0.39, 0.29) is 22.8 Å². The molecule has 2 aromatic heterocycles. The Bertz CT molecular complexity index is 629. The van der Waals surface area contributed by atoms with Gasteiger partial charge in [-0.05, 0) is 30.6 Å². The minimum absolute atomic E-state index is 0.0543. The Hall–Kier alpha value is -1.67. The monoisotopic (exact) mass is 295 g/mol. The van der Waals surface area contributed by atoms with Crippen molar-refractivity contribution in [1.82, 2.24) is 9.38 Å². The molecule has 2 N–H and O–H groups in total. The van der Waals surface area contributed by atoms with Gasteiger partial charge in [0.2, 0.25) is 5.82 Å². The van der Waals surface area contributed by atoms with Gasteiger partial charge in [0.1, 0.15) is 6.20 Å². The molecule has 20 heavy (non-hydrogen) atoms. The van der Waals surface area contributed by atoms with Gasteiger partial charge in [-0.2, -0.15) is 9.38 Å². The molecule has 1 saturated carbocycles. The van der Waals surface area contributed by atoms with Gasteiger partial charge in [0.15, 0.2) is 0 Å². The normalized spacial score (nSPS) is 23.1. The van der Waals surface area contributed by atoms with Crippen LogP contribution in [0.25, 0.3) is 4.96 Å². The smallest absolute Gasteiger partial charge is 0.358 e. The summed E-state index contributed by atoms with van der Waals surface area (Å²) in [6.07, 6.45) is 5.54. The lowest BCUT2D eigenvalue weighted by atomic mass is 9.91. The molecule has 0 radical (unpaired) electrons. The van der Waals surface area contributed by atoms with E-state index in [0.29, 0.717) is 10.8 Å². The van der Waals surface area contributed by atoms with Crippen molar-refractivity contribution in [2.24, 2.45) is 5.73 Å². The molecule has 1 fully saturated rings. The molecule has 1 aliphatic carbocycles. The molecule has 108 valence electrons. The van der Waals surface area contributed by atoms with E-state index < -0.39 is 0 Å². The van der Waals surface area contributed by atoms with Gasteiger partial charge in [-0.1, -0.05) is 11.3 Å². The van der Waals surface area contributed by atoms with Crippen LogP contribution in [0, 0.1) is 10.1 Å². The van der Waals surface area contributed by atoms with Crippen molar-refractivity contribution in [3.05, 3.63) is 21.7 Å². The SMILES string of the molecule is CN(c1nc2sccn2c1[N+](=O)[O-])C1CCC(N)CC1. The Morgan fingerprint density at radius 3 is 2.85 bits per heavy atom. The maximum atomic E-state index is 11.3. The summed E-state index contributed by atoms with van der Waals surface area (Å²) in [6.45, 7) is 0. The van der Waals surface area contributed by atoms with Crippen LogP contribution in [0.15, 0.2) is 11.6 Å². The number of hydrogen-bond donors (Lipinski definition) is 1. The highest BCUT2D eigenvalue weighted by molar-refractivity contribution is 7.15. The number of imidazole rings is 1. The molecule has 0 saturated heterocycles. The number of nitrogens with two attached hydrogens (primary N) is 1. The number of nitro groups is 1. The largest absolute Gasteiger partial charge is 0.373 e. The van der Waals surface area contributed by atoms with E-state index >= 15 is 0 Å². The van der Waals surface area contributed by atoms with Crippen LogP contribution in [-0.4, -0.2) is 33.4 Å². The number of fused-ring (bicyclic) bond motifs is 1. The van der Waals surface area contributed by atoms with Crippen LogP contribution in [0.2, 0.25) is 0 Å². The van der Waals surface area contributed by atoms with E-state index in [1.807, 2.05) is 11.9 Å². The lowest BCUT2D eigenvalue weighted by Crippen LogP contribution is -2.39. The second kappa shape index (κ2) is 5.02. The van der Waals surface area contributed by atoms with Crippen molar-refractivity contribution in [1.29, 1.82) is 0 Å². The van der Waals surface area contributed by atoms with E-state index in [4.69, 9.17) is 5.73 Å². The van der Waals surface area contributed by atoms with Crippen molar-refractivity contribution in [3.8, 4) is 0 Å². The Balaban J connectivity index is 1.94. The zero-order chi connectivity index (χ0) is 14.3. The highest BCUT2D eigenvalue weighted by Crippen LogP contribution is 2.34. The number of thiazole rings is 1. The lowest BCUT2D eigenvalue weighted by molar-refractivity contribution is -0.389. The first-order chi connectivity index (χ1) is 9.58.